The molecule has 0 aliphatic heterocycles. The van der Waals surface area contributed by atoms with E-state index in [4.69, 9.17) is 0 Å². The van der Waals surface area contributed by atoms with Gasteiger partial charge >= 0.3 is 29.6 Å². The van der Waals surface area contributed by atoms with Crippen molar-refractivity contribution in [3.63, 3.8) is 0 Å². The van der Waals surface area contributed by atoms with Gasteiger partial charge in [0.05, 0.1) is 17.9 Å². The molecule has 0 saturated carbocycles. The molecule has 0 heterocycles. The third-order valence-corrected chi connectivity index (χ3v) is 3.69. The van der Waals surface area contributed by atoms with Crippen LogP contribution >= 0.6 is 0 Å². The summed E-state index contributed by atoms with van der Waals surface area (Å²) in [6.07, 6.45) is 0.884. The standard InChI is InChI=1S/C18H28N2O3.Na/c1-12(2)10-14-8-6-7-9-15(14)13(3)17(21)19-16(18(22)23)11-20(4)5;/h6-9,12-13,16H,10-11H2,1-5H3,(H,19,21)(H,22,23);/q;+1/p-1/t13-,16+;/m0./s1. The van der Waals surface area contributed by atoms with Crippen LogP contribution in [0.2, 0.25) is 0 Å². The summed E-state index contributed by atoms with van der Waals surface area (Å²) in [7, 11) is 3.51. The fourth-order valence-corrected chi connectivity index (χ4v) is 2.56. The molecule has 2 atom stereocenters. The van der Waals surface area contributed by atoms with Crippen LogP contribution in [0.5, 0.6) is 0 Å². The Kier molecular flexibility index (Phi) is 10.5. The van der Waals surface area contributed by atoms with Crippen LogP contribution in [0.1, 0.15) is 37.8 Å². The van der Waals surface area contributed by atoms with Gasteiger partial charge in [-0.2, -0.15) is 0 Å². The molecule has 0 radical (unpaired) electrons. The monoisotopic (exact) mass is 342 g/mol. The number of hydrogen-bond acceptors (Lipinski definition) is 4. The maximum absolute atomic E-state index is 12.5. The number of nitrogens with zero attached hydrogens (tertiary/aromatic N) is 1. The largest absolute Gasteiger partial charge is 1.00 e. The molecule has 128 valence electrons. The van der Waals surface area contributed by atoms with Crippen LogP contribution < -0.4 is 40.0 Å². The van der Waals surface area contributed by atoms with Crippen LogP contribution in [0.15, 0.2) is 24.3 Å². The van der Waals surface area contributed by atoms with E-state index in [1.165, 1.54) is 0 Å². The zero-order chi connectivity index (χ0) is 17.6. The molecule has 0 spiro atoms. The third-order valence-electron chi connectivity index (χ3n) is 3.69. The number of nitrogens with one attached hydrogen (secondary N) is 1. The van der Waals surface area contributed by atoms with Gasteiger partial charge in [-0.05, 0) is 44.5 Å². The number of hydrogen-bond donors (Lipinski definition) is 1. The second kappa shape index (κ2) is 10.9. The molecule has 0 bridgehead atoms. The molecule has 1 amide bonds. The van der Waals surface area contributed by atoms with E-state index in [0.29, 0.717) is 5.92 Å². The summed E-state index contributed by atoms with van der Waals surface area (Å²) >= 11 is 0. The van der Waals surface area contributed by atoms with E-state index in [1.807, 2.05) is 24.3 Å². The molecule has 5 nitrogen and oxygen atoms in total. The van der Waals surface area contributed by atoms with Crippen LogP contribution in [0.25, 0.3) is 0 Å². The number of carboxylic acid groups (broad SMARTS) is 1. The molecular formula is C18H27N2NaO3. The Balaban J connectivity index is 0.00000529. The Bertz CT molecular complexity index is 547. The minimum Gasteiger partial charge on any atom is -0.548 e. The molecule has 6 heteroatoms. The van der Waals surface area contributed by atoms with E-state index in [1.54, 1.807) is 25.9 Å². The average molecular weight is 342 g/mol. The number of carbonyl (C=O) groups excluding carboxylic acids is 2. The molecule has 1 aromatic rings. The first kappa shape index (κ1) is 23.1. The third kappa shape index (κ3) is 7.34. The van der Waals surface area contributed by atoms with Crippen molar-refractivity contribution >= 4 is 11.9 Å². The second-order valence-electron chi connectivity index (χ2n) is 6.66. The first-order valence-corrected chi connectivity index (χ1v) is 7.96. The summed E-state index contributed by atoms with van der Waals surface area (Å²) in [4.78, 5) is 25.4. The van der Waals surface area contributed by atoms with E-state index >= 15 is 0 Å². The quantitative estimate of drug-likeness (QED) is 0.544. The molecule has 1 aromatic carbocycles. The Labute approximate surface area is 167 Å². The first-order chi connectivity index (χ1) is 10.7. The molecule has 0 fully saturated rings. The van der Waals surface area contributed by atoms with E-state index in [9.17, 15) is 14.7 Å². The maximum atomic E-state index is 12.5. The van der Waals surface area contributed by atoms with Crippen LogP contribution in [0, 0.1) is 5.92 Å². The minimum absolute atomic E-state index is 0. The number of benzene rings is 1. The van der Waals surface area contributed by atoms with Gasteiger partial charge in [-0.15, -0.1) is 0 Å². The molecule has 24 heavy (non-hydrogen) atoms. The SMILES string of the molecule is CC(C)Cc1ccccc1[C@H](C)C(=O)N[C@H](CN(C)C)C(=O)[O-].[Na+]. The fourth-order valence-electron chi connectivity index (χ4n) is 2.56. The van der Waals surface area contributed by atoms with Crippen molar-refractivity contribution in [2.24, 2.45) is 5.92 Å². The second-order valence-corrected chi connectivity index (χ2v) is 6.66. The minimum atomic E-state index is -1.27. The van der Waals surface area contributed by atoms with Gasteiger partial charge in [-0.25, -0.2) is 0 Å². The van der Waals surface area contributed by atoms with Crippen LogP contribution in [0.4, 0.5) is 0 Å². The maximum Gasteiger partial charge on any atom is 1.00 e. The van der Waals surface area contributed by atoms with Gasteiger partial charge in [-0.3, -0.25) is 4.79 Å². The van der Waals surface area contributed by atoms with Crippen molar-refractivity contribution in [1.29, 1.82) is 0 Å². The summed E-state index contributed by atoms with van der Waals surface area (Å²) in [5.74, 6) is -1.49. The van der Waals surface area contributed by atoms with E-state index in [0.717, 1.165) is 17.5 Å². The van der Waals surface area contributed by atoms with Crippen molar-refractivity contribution in [2.45, 2.75) is 39.2 Å². The predicted octanol–water partition coefficient (Wildman–Crippen LogP) is -2.21. The van der Waals surface area contributed by atoms with Crippen LogP contribution in [0.3, 0.4) is 0 Å². The van der Waals surface area contributed by atoms with Gasteiger partial charge in [0.15, 0.2) is 0 Å². The average Bonchev–Trinajstić information content (AvgIpc) is 2.45. The molecular weight excluding hydrogens is 315 g/mol. The fraction of sp³-hybridized carbons (Fsp3) is 0.556. The Hall–Kier alpha value is -0.880. The number of rotatable bonds is 8. The van der Waals surface area contributed by atoms with Crippen LogP contribution in [-0.2, 0) is 16.0 Å². The summed E-state index contributed by atoms with van der Waals surface area (Å²) in [5.41, 5.74) is 2.07. The van der Waals surface area contributed by atoms with Gasteiger partial charge in [-0.1, -0.05) is 38.1 Å². The van der Waals surface area contributed by atoms with Gasteiger partial charge < -0.3 is 20.1 Å². The van der Waals surface area contributed by atoms with Crippen molar-refractivity contribution in [3.05, 3.63) is 35.4 Å². The summed E-state index contributed by atoms with van der Waals surface area (Å²) in [6, 6.07) is 6.80. The topological polar surface area (TPSA) is 72.5 Å². The van der Waals surface area contributed by atoms with Gasteiger partial charge in [0.2, 0.25) is 5.91 Å². The number of aliphatic carboxylic acids is 1. The van der Waals surface area contributed by atoms with Crippen LogP contribution in [-0.4, -0.2) is 43.5 Å². The molecule has 0 aromatic heterocycles. The van der Waals surface area contributed by atoms with E-state index in [-0.39, 0.29) is 42.0 Å². The zero-order valence-electron chi connectivity index (χ0n) is 15.6. The van der Waals surface area contributed by atoms with Crippen molar-refractivity contribution in [3.8, 4) is 0 Å². The number of carbonyl (C=O) groups is 2. The smallest absolute Gasteiger partial charge is 0.548 e. The molecule has 1 rings (SSSR count). The predicted molar refractivity (Wildman–Crippen MR) is 88.9 cm³/mol. The normalized spacial score (nSPS) is 13.3. The number of amides is 1. The number of carboxylic acids is 1. The Morgan fingerprint density at radius 1 is 1.17 bits per heavy atom. The molecule has 0 aliphatic rings. The molecule has 1 N–H and O–H groups in total. The first-order valence-electron chi connectivity index (χ1n) is 7.96. The summed E-state index contributed by atoms with van der Waals surface area (Å²) in [6.45, 7) is 6.26. The summed E-state index contributed by atoms with van der Waals surface area (Å²) in [5, 5.41) is 13.8. The van der Waals surface area contributed by atoms with Crippen molar-refractivity contribution in [1.82, 2.24) is 10.2 Å². The van der Waals surface area contributed by atoms with Gasteiger partial charge in [0.1, 0.15) is 0 Å². The van der Waals surface area contributed by atoms with Gasteiger partial charge in [0, 0.05) is 6.54 Å². The number of likely N-dealkylation sites (N-methyl/N-ethyl adjacent to an activating group) is 1. The Morgan fingerprint density at radius 3 is 2.25 bits per heavy atom. The Morgan fingerprint density at radius 2 is 1.75 bits per heavy atom. The van der Waals surface area contributed by atoms with Gasteiger partial charge in [0.25, 0.3) is 0 Å². The van der Waals surface area contributed by atoms with E-state index < -0.39 is 17.9 Å². The van der Waals surface area contributed by atoms with E-state index in [2.05, 4.69) is 19.2 Å². The zero-order valence-corrected chi connectivity index (χ0v) is 17.6. The molecule has 0 saturated heterocycles. The molecule has 0 unspecified atom stereocenters. The molecule has 0 aliphatic carbocycles. The summed E-state index contributed by atoms with van der Waals surface area (Å²) < 4.78 is 0. The van der Waals surface area contributed by atoms with Crippen molar-refractivity contribution < 1.29 is 44.3 Å². The van der Waals surface area contributed by atoms with Crippen molar-refractivity contribution in [2.75, 3.05) is 20.6 Å².